The summed E-state index contributed by atoms with van der Waals surface area (Å²) in [5, 5.41) is 6.87. The minimum Gasteiger partial charge on any atom is -0.379 e. The first-order valence-electron chi connectivity index (χ1n) is 6.43. The van der Waals surface area contributed by atoms with E-state index in [1.807, 2.05) is 24.3 Å². The van der Waals surface area contributed by atoms with Crippen molar-refractivity contribution in [2.24, 2.45) is 0 Å². The molecule has 19 heavy (non-hydrogen) atoms. The Bertz CT molecular complexity index is 536. The Balaban J connectivity index is 1.81. The van der Waals surface area contributed by atoms with E-state index >= 15 is 0 Å². The summed E-state index contributed by atoms with van der Waals surface area (Å²) < 4.78 is 7.75. The minimum atomic E-state index is 0.827. The molecule has 1 fully saturated rings. The summed E-state index contributed by atoms with van der Waals surface area (Å²) in [6, 6.07) is 6.55. The molecule has 1 aromatic heterocycles. The third-order valence-corrected chi connectivity index (χ3v) is 4.48. The predicted octanol–water partition coefficient (Wildman–Crippen LogP) is 2.72. The molecule has 0 aliphatic carbocycles. The highest BCUT2D eigenvalue weighted by Crippen LogP contribution is 2.30. The van der Waals surface area contributed by atoms with Gasteiger partial charge in [-0.2, -0.15) is 5.10 Å². The maximum atomic E-state index is 5.38. The molecule has 2 aromatic rings. The minimum absolute atomic E-state index is 0.827. The summed E-state index contributed by atoms with van der Waals surface area (Å²) >= 11 is 1.83. The average molecular weight is 275 g/mol. The summed E-state index contributed by atoms with van der Waals surface area (Å²) in [4.78, 5) is 1.31. The first-order chi connectivity index (χ1) is 9.33. The van der Waals surface area contributed by atoms with Crippen LogP contribution in [0.25, 0.3) is 11.1 Å². The second-order valence-electron chi connectivity index (χ2n) is 4.60. The van der Waals surface area contributed by atoms with E-state index in [0.29, 0.717) is 0 Å². The number of hydrogen-bond donors (Lipinski definition) is 1. The standard InChI is InChI=1S/C14H17N3OS/c1-11-2-3-12(13-9-15-16-10-13)8-14(11)19-17-4-6-18-7-5-17/h2-3,8-10H,4-7H2,1H3,(H,15,16). The average Bonchev–Trinajstić information content (AvgIpc) is 2.96. The molecule has 100 valence electrons. The Morgan fingerprint density at radius 2 is 2.11 bits per heavy atom. The Labute approximate surface area is 117 Å². The molecule has 2 heterocycles. The van der Waals surface area contributed by atoms with Crippen LogP contribution in [-0.2, 0) is 4.74 Å². The number of ether oxygens (including phenoxy) is 1. The zero-order valence-electron chi connectivity index (χ0n) is 10.9. The molecule has 1 aromatic carbocycles. The number of aromatic amines is 1. The van der Waals surface area contributed by atoms with Gasteiger partial charge in [0.15, 0.2) is 0 Å². The molecule has 0 amide bonds. The third-order valence-electron chi connectivity index (χ3n) is 3.22. The number of nitrogens with one attached hydrogen (secondary N) is 1. The third kappa shape index (κ3) is 3.00. The van der Waals surface area contributed by atoms with E-state index in [-0.39, 0.29) is 0 Å². The van der Waals surface area contributed by atoms with Crippen LogP contribution in [0.1, 0.15) is 5.56 Å². The van der Waals surface area contributed by atoms with Gasteiger partial charge in [0.1, 0.15) is 0 Å². The van der Waals surface area contributed by atoms with Crippen molar-refractivity contribution in [2.75, 3.05) is 26.3 Å². The molecule has 0 spiro atoms. The van der Waals surface area contributed by atoms with Gasteiger partial charge in [-0.15, -0.1) is 0 Å². The molecule has 4 nitrogen and oxygen atoms in total. The zero-order chi connectivity index (χ0) is 13.1. The van der Waals surface area contributed by atoms with Crippen molar-refractivity contribution in [3.8, 4) is 11.1 Å². The lowest BCUT2D eigenvalue weighted by Crippen LogP contribution is -2.30. The van der Waals surface area contributed by atoms with Crippen LogP contribution < -0.4 is 0 Å². The number of morpholine rings is 1. The van der Waals surface area contributed by atoms with Crippen molar-refractivity contribution in [3.05, 3.63) is 36.2 Å². The smallest absolute Gasteiger partial charge is 0.0603 e. The highest BCUT2D eigenvalue weighted by atomic mass is 32.2. The van der Waals surface area contributed by atoms with Crippen LogP contribution in [0.5, 0.6) is 0 Å². The van der Waals surface area contributed by atoms with Crippen molar-refractivity contribution >= 4 is 11.9 Å². The number of rotatable bonds is 3. The topological polar surface area (TPSA) is 41.2 Å². The summed E-state index contributed by atoms with van der Waals surface area (Å²) in [7, 11) is 0. The van der Waals surface area contributed by atoms with Gasteiger partial charge in [0.05, 0.1) is 19.4 Å². The number of aromatic nitrogens is 2. The first-order valence-corrected chi connectivity index (χ1v) is 7.21. The molecule has 1 saturated heterocycles. The second kappa shape index (κ2) is 5.77. The maximum absolute atomic E-state index is 5.38. The fourth-order valence-electron chi connectivity index (χ4n) is 2.06. The Hall–Kier alpha value is -1.30. The first kappa shape index (κ1) is 12.7. The SMILES string of the molecule is Cc1ccc(-c2cn[nH]c2)cc1SN1CCOCC1. The lowest BCUT2D eigenvalue weighted by atomic mass is 10.1. The van der Waals surface area contributed by atoms with Gasteiger partial charge in [0.2, 0.25) is 0 Å². The fourth-order valence-corrected chi connectivity index (χ4v) is 3.07. The number of hydrogen-bond acceptors (Lipinski definition) is 4. The lowest BCUT2D eigenvalue weighted by molar-refractivity contribution is 0.0773. The summed E-state index contributed by atoms with van der Waals surface area (Å²) in [6.45, 7) is 5.78. The van der Waals surface area contributed by atoms with Crippen LogP contribution in [0.2, 0.25) is 0 Å². The van der Waals surface area contributed by atoms with E-state index in [1.165, 1.54) is 16.0 Å². The molecule has 0 bridgehead atoms. The predicted molar refractivity (Wildman–Crippen MR) is 77.0 cm³/mol. The summed E-state index contributed by atoms with van der Waals surface area (Å²) in [6.07, 6.45) is 3.78. The highest BCUT2D eigenvalue weighted by molar-refractivity contribution is 7.97. The number of nitrogens with zero attached hydrogens (tertiary/aromatic N) is 2. The second-order valence-corrected chi connectivity index (χ2v) is 5.74. The van der Waals surface area contributed by atoms with E-state index in [0.717, 1.165) is 31.9 Å². The van der Waals surface area contributed by atoms with Gasteiger partial charge < -0.3 is 4.74 Å². The van der Waals surface area contributed by atoms with Crippen molar-refractivity contribution in [1.82, 2.24) is 14.5 Å². The highest BCUT2D eigenvalue weighted by Gasteiger charge is 2.13. The zero-order valence-corrected chi connectivity index (χ0v) is 11.7. The monoisotopic (exact) mass is 275 g/mol. The van der Waals surface area contributed by atoms with Gasteiger partial charge >= 0.3 is 0 Å². The molecule has 0 atom stereocenters. The van der Waals surface area contributed by atoms with Crippen molar-refractivity contribution in [1.29, 1.82) is 0 Å². The molecule has 1 aliphatic rings. The number of H-pyrrole nitrogens is 1. The van der Waals surface area contributed by atoms with E-state index in [1.54, 1.807) is 0 Å². The van der Waals surface area contributed by atoms with Gasteiger partial charge in [0.25, 0.3) is 0 Å². The molecular formula is C14H17N3OS. The molecule has 0 saturated carbocycles. The molecule has 5 heteroatoms. The van der Waals surface area contributed by atoms with Crippen LogP contribution in [0.4, 0.5) is 0 Å². The van der Waals surface area contributed by atoms with Gasteiger partial charge in [0, 0.05) is 29.7 Å². The van der Waals surface area contributed by atoms with E-state index in [4.69, 9.17) is 4.74 Å². The summed E-state index contributed by atoms with van der Waals surface area (Å²) in [5.41, 5.74) is 3.64. The Morgan fingerprint density at radius 3 is 2.84 bits per heavy atom. The van der Waals surface area contributed by atoms with Crippen LogP contribution in [0, 0.1) is 6.92 Å². The van der Waals surface area contributed by atoms with Crippen molar-refractivity contribution < 1.29 is 4.74 Å². The van der Waals surface area contributed by atoms with Crippen molar-refractivity contribution in [3.63, 3.8) is 0 Å². The molecule has 0 radical (unpaired) electrons. The largest absolute Gasteiger partial charge is 0.379 e. The van der Waals surface area contributed by atoms with Gasteiger partial charge in [-0.05, 0) is 36.1 Å². The number of benzene rings is 1. The quantitative estimate of drug-likeness (QED) is 0.875. The van der Waals surface area contributed by atoms with Gasteiger partial charge in [-0.25, -0.2) is 4.31 Å². The van der Waals surface area contributed by atoms with Crippen LogP contribution in [-0.4, -0.2) is 40.8 Å². The van der Waals surface area contributed by atoms with Gasteiger partial charge in [-0.3, -0.25) is 5.10 Å². The van der Waals surface area contributed by atoms with E-state index < -0.39 is 0 Å². The molecule has 1 aliphatic heterocycles. The molecule has 3 rings (SSSR count). The molecule has 0 unspecified atom stereocenters. The van der Waals surface area contributed by atoms with Crippen LogP contribution >= 0.6 is 11.9 Å². The normalized spacial score (nSPS) is 16.7. The maximum Gasteiger partial charge on any atom is 0.0603 e. The number of aryl methyl sites for hydroxylation is 1. The summed E-state index contributed by atoms with van der Waals surface area (Å²) in [5.74, 6) is 0. The Morgan fingerprint density at radius 1 is 1.26 bits per heavy atom. The molecular weight excluding hydrogens is 258 g/mol. The fraction of sp³-hybridized carbons (Fsp3) is 0.357. The van der Waals surface area contributed by atoms with E-state index in [9.17, 15) is 0 Å². The van der Waals surface area contributed by atoms with Crippen LogP contribution in [0.3, 0.4) is 0 Å². The molecule has 1 N–H and O–H groups in total. The van der Waals surface area contributed by atoms with E-state index in [2.05, 4.69) is 39.6 Å². The lowest BCUT2D eigenvalue weighted by Gasteiger charge is -2.26. The van der Waals surface area contributed by atoms with Gasteiger partial charge in [-0.1, -0.05) is 12.1 Å². The van der Waals surface area contributed by atoms with Crippen molar-refractivity contribution in [2.45, 2.75) is 11.8 Å². The Kier molecular flexibility index (Phi) is 3.87. The van der Waals surface area contributed by atoms with Crippen LogP contribution in [0.15, 0.2) is 35.5 Å².